The second kappa shape index (κ2) is 5.26. The third-order valence-electron chi connectivity index (χ3n) is 4.06. The van der Waals surface area contributed by atoms with Gasteiger partial charge in [-0.1, -0.05) is 6.42 Å². The zero-order valence-corrected chi connectivity index (χ0v) is 12.7. The third kappa shape index (κ3) is 2.27. The van der Waals surface area contributed by atoms with Gasteiger partial charge < -0.3 is 20.5 Å². The van der Waals surface area contributed by atoms with Crippen LogP contribution < -0.4 is 20.5 Å². The molecule has 3 rings (SSSR count). The summed E-state index contributed by atoms with van der Waals surface area (Å²) in [6, 6.07) is 3.61. The minimum absolute atomic E-state index is 0.0105. The van der Waals surface area contributed by atoms with Crippen LogP contribution in [0.15, 0.2) is 16.6 Å². The smallest absolute Gasteiger partial charge is 0.231 e. The number of hydrogen-bond acceptors (Lipinski definition) is 4. The number of fused-ring (bicyclic) bond motifs is 1. The van der Waals surface area contributed by atoms with Crippen molar-refractivity contribution in [3.05, 3.63) is 16.6 Å². The number of carbonyl (C=O) groups is 1. The number of anilines is 1. The fraction of sp³-hybridized carbons (Fsp3) is 0.500. The van der Waals surface area contributed by atoms with Crippen molar-refractivity contribution < 1.29 is 14.3 Å². The molecule has 1 aromatic carbocycles. The molecule has 0 aromatic heterocycles. The predicted octanol–water partition coefficient (Wildman–Crippen LogP) is 2.29. The van der Waals surface area contributed by atoms with E-state index >= 15 is 0 Å². The highest BCUT2D eigenvalue weighted by atomic mass is 79.9. The number of nitrogens with two attached hydrogens (primary N) is 1. The Morgan fingerprint density at radius 1 is 1.30 bits per heavy atom. The number of carbonyl (C=O) groups excluding carboxylic acids is 1. The lowest BCUT2D eigenvalue weighted by Crippen LogP contribution is -2.47. The molecule has 6 heteroatoms. The molecule has 1 fully saturated rings. The molecule has 108 valence electrons. The molecule has 1 aromatic rings. The van der Waals surface area contributed by atoms with Gasteiger partial charge in [-0.05, 0) is 28.8 Å². The van der Waals surface area contributed by atoms with E-state index in [9.17, 15) is 4.79 Å². The summed E-state index contributed by atoms with van der Waals surface area (Å²) in [5.41, 5.74) is 6.05. The van der Waals surface area contributed by atoms with Gasteiger partial charge in [-0.2, -0.15) is 0 Å². The molecule has 0 spiro atoms. The van der Waals surface area contributed by atoms with Gasteiger partial charge in [0.2, 0.25) is 5.91 Å². The van der Waals surface area contributed by atoms with Gasteiger partial charge >= 0.3 is 0 Å². The Morgan fingerprint density at radius 2 is 1.95 bits per heavy atom. The van der Waals surface area contributed by atoms with Crippen LogP contribution in [0.2, 0.25) is 0 Å². The topological polar surface area (TPSA) is 73.6 Å². The SMILES string of the molecule is NCC1(C(=O)Nc2cc3c(cc2Br)OCCO3)CCC1. The first-order valence-corrected chi connectivity index (χ1v) is 7.55. The van der Waals surface area contributed by atoms with Gasteiger partial charge in [-0.25, -0.2) is 0 Å². The summed E-state index contributed by atoms with van der Waals surface area (Å²) in [6.45, 7) is 1.46. The molecule has 0 bridgehead atoms. The summed E-state index contributed by atoms with van der Waals surface area (Å²) in [4.78, 5) is 12.4. The van der Waals surface area contributed by atoms with Gasteiger partial charge in [0.25, 0.3) is 0 Å². The monoisotopic (exact) mass is 340 g/mol. The van der Waals surface area contributed by atoms with E-state index in [4.69, 9.17) is 15.2 Å². The summed E-state index contributed by atoms with van der Waals surface area (Å²) in [7, 11) is 0. The number of amides is 1. The zero-order chi connectivity index (χ0) is 14.2. The Kier molecular flexibility index (Phi) is 3.60. The van der Waals surface area contributed by atoms with Crippen LogP contribution in [0, 0.1) is 5.41 Å². The van der Waals surface area contributed by atoms with Crippen molar-refractivity contribution in [1.29, 1.82) is 0 Å². The van der Waals surface area contributed by atoms with E-state index in [1.807, 2.05) is 6.07 Å². The standard InChI is InChI=1S/C14H17BrN2O3/c15-9-6-11-12(20-5-4-19-11)7-10(9)17-13(18)14(8-16)2-1-3-14/h6-7H,1-5,8,16H2,(H,17,18). The van der Waals surface area contributed by atoms with Crippen LogP contribution in [0.3, 0.4) is 0 Å². The molecule has 0 unspecified atom stereocenters. The summed E-state index contributed by atoms with van der Waals surface area (Å²) >= 11 is 3.45. The molecule has 1 amide bonds. The molecule has 0 saturated heterocycles. The van der Waals surface area contributed by atoms with Crippen molar-refractivity contribution in [3.63, 3.8) is 0 Å². The lowest BCUT2D eigenvalue weighted by Gasteiger charge is -2.39. The number of ether oxygens (including phenoxy) is 2. The van der Waals surface area contributed by atoms with Gasteiger partial charge in [0.05, 0.1) is 11.1 Å². The van der Waals surface area contributed by atoms with Gasteiger partial charge in [-0.15, -0.1) is 0 Å². The quantitative estimate of drug-likeness (QED) is 0.885. The normalized spacial score (nSPS) is 19.1. The molecule has 0 radical (unpaired) electrons. The number of hydrogen-bond donors (Lipinski definition) is 2. The molecule has 1 aliphatic carbocycles. The summed E-state index contributed by atoms with van der Waals surface area (Å²) in [5, 5.41) is 2.95. The fourth-order valence-corrected chi connectivity index (χ4v) is 2.96. The highest BCUT2D eigenvalue weighted by Gasteiger charge is 2.43. The number of rotatable bonds is 3. The van der Waals surface area contributed by atoms with Gasteiger partial charge in [0, 0.05) is 23.2 Å². The molecule has 1 aliphatic heterocycles. The highest BCUT2D eigenvalue weighted by molar-refractivity contribution is 9.10. The Balaban J connectivity index is 1.82. The molecule has 2 aliphatic rings. The zero-order valence-electron chi connectivity index (χ0n) is 11.1. The summed E-state index contributed by atoms with van der Waals surface area (Å²) < 4.78 is 11.8. The van der Waals surface area contributed by atoms with Crippen molar-refractivity contribution in [1.82, 2.24) is 0 Å². The van der Waals surface area contributed by atoms with E-state index in [0.29, 0.717) is 36.9 Å². The molecule has 1 saturated carbocycles. The maximum Gasteiger partial charge on any atom is 0.231 e. The van der Waals surface area contributed by atoms with E-state index in [1.165, 1.54) is 0 Å². The molecule has 20 heavy (non-hydrogen) atoms. The Morgan fingerprint density at radius 3 is 2.50 bits per heavy atom. The molecule has 3 N–H and O–H groups in total. The van der Waals surface area contributed by atoms with Crippen LogP contribution >= 0.6 is 15.9 Å². The van der Waals surface area contributed by atoms with Crippen molar-refractivity contribution in [2.45, 2.75) is 19.3 Å². The molecular weight excluding hydrogens is 324 g/mol. The van der Waals surface area contributed by atoms with E-state index in [1.54, 1.807) is 6.07 Å². The molecule has 1 heterocycles. The van der Waals surface area contributed by atoms with Crippen LogP contribution in [-0.2, 0) is 4.79 Å². The highest BCUT2D eigenvalue weighted by Crippen LogP contribution is 2.43. The van der Waals surface area contributed by atoms with Crippen LogP contribution in [0.5, 0.6) is 11.5 Å². The van der Waals surface area contributed by atoms with Crippen LogP contribution in [0.4, 0.5) is 5.69 Å². The summed E-state index contributed by atoms with van der Waals surface area (Å²) in [6.07, 6.45) is 2.78. The lowest BCUT2D eigenvalue weighted by molar-refractivity contribution is -0.129. The maximum absolute atomic E-state index is 12.4. The number of benzene rings is 1. The molecule has 0 atom stereocenters. The molecular formula is C14H17BrN2O3. The maximum atomic E-state index is 12.4. The van der Waals surface area contributed by atoms with Gasteiger partial charge in [-0.3, -0.25) is 4.79 Å². The first kappa shape index (κ1) is 13.7. The molecule has 5 nitrogen and oxygen atoms in total. The largest absolute Gasteiger partial charge is 0.486 e. The predicted molar refractivity (Wildman–Crippen MR) is 79.1 cm³/mol. The van der Waals surface area contributed by atoms with E-state index < -0.39 is 5.41 Å². The Labute approximate surface area is 125 Å². The third-order valence-corrected chi connectivity index (χ3v) is 4.72. The summed E-state index contributed by atoms with van der Waals surface area (Å²) in [5.74, 6) is 1.34. The van der Waals surface area contributed by atoms with Crippen LogP contribution in [0.25, 0.3) is 0 Å². The fourth-order valence-electron chi connectivity index (χ4n) is 2.54. The Hall–Kier alpha value is -1.27. The number of nitrogens with one attached hydrogen (secondary N) is 1. The van der Waals surface area contributed by atoms with Crippen molar-refractivity contribution in [3.8, 4) is 11.5 Å². The first-order chi connectivity index (χ1) is 9.64. The minimum Gasteiger partial charge on any atom is -0.486 e. The average Bonchev–Trinajstić information content (AvgIpc) is 2.39. The van der Waals surface area contributed by atoms with Crippen LogP contribution in [0.1, 0.15) is 19.3 Å². The Bertz CT molecular complexity index is 538. The van der Waals surface area contributed by atoms with Crippen molar-refractivity contribution >= 4 is 27.5 Å². The number of halogens is 1. The second-order valence-electron chi connectivity index (χ2n) is 5.27. The van der Waals surface area contributed by atoms with E-state index in [-0.39, 0.29) is 5.91 Å². The lowest BCUT2D eigenvalue weighted by atomic mass is 9.68. The first-order valence-electron chi connectivity index (χ1n) is 6.75. The average molecular weight is 341 g/mol. The van der Waals surface area contributed by atoms with Gasteiger partial charge in [0.15, 0.2) is 11.5 Å². The van der Waals surface area contributed by atoms with E-state index in [2.05, 4.69) is 21.2 Å². The van der Waals surface area contributed by atoms with Gasteiger partial charge in [0.1, 0.15) is 13.2 Å². The van der Waals surface area contributed by atoms with E-state index in [0.717, 1.165) is 23.7 Å². The van der Waals surface area contributed by atoms with Crippen LogP contribution in [-0.4, -0.2) is 25.7 Å². The minimum atomic E-state index is -0.396. The van der Waals surface area contributed by atoms with Crippen molar-refractivity contribution in [2.75, 3.05) is 25.1 Å². The van der Waals surface area contributed by atoms with Crippen molar-refractivity contribution in [2.24, 2.45) is 11.1 Å². The second-order valence-corrected chi connectivity index (χ2v) is 6.12.